The van der Waals surface area contributed by atoms with Crippen LogP contribution in [0.1, 0.15) is 31.7 Å². The van der Waals surface area contributed by atoms with Crippen LogP contribution in [0.25, 0.3) is 0 Å². The van der Waals surface area contributed by atoms with E-state index in [0.717, 1.165) is 16.7 Å². The molecule has 11 atom stereocenters. The number of Topliss-reactive ketones (excluding diaryl/α,β-unsaturated/α-hetero) is 1. The van der Waals surface area contributed by atoms with Gasteiger partial charge >= 0.3 is 36.2 Å². The second-order valence-corrected chi connectivity index (χ2v) is 21.6. The maximum atomic E-state index is 13.1. The molecule has 5 aliphatic rings. The van der Waals surface area contributed by atoms with Crippen molar-refractivity contribution in [3.8, 4) is 11.5 Å². The fourth-order valence-electron chi connectivity index (χ4n) is 9.99. The second kappa shape index (κ2) is 34.5. The summed E-state index contributed by atoms with van der Waals surface area (Å²) in [4.78, 5) is 87.6. The molecule has 1 aromatic rings. The van der Waals surface area contributed by atoms with E-state index in [2.05, 4.69) is 21.3 Å². The number of benzene rings is 1. The van der Waals surface area contributed by atoms with Gasteiger partial charge in [0.05, 0.1) is 121 Å². The summed E-state index contributed by atoms with van der Waals surface area (Å²) in [6, 6.07) is 0.899. The van der Waals surface area contributed by atoms with Crippen molar-refractivity contribution in [2.75, 3.05) is 138 Å². The first-order chi connectivity index (χ1) is 41.5. The quantitative estimate of drug-likeness (QED) is 0.0215. The summed E-state index contributed by atoms with van der Waals surface area (Å²) < 4.78 is 135. The van der Waals surface area contributed by atoms with Crippen LogP contribution in [0.2, 0.25) is 0 Å². The number of aliphatic hydroxyl groups is 4. The fourth-order valence-corrected chi connectivity index (χ4v) is 11.0. The molecule has 8 amide bonds. The molecule has 5 heterocycles. The maximum Gasteiger partial charge on any atom is 0.471 e. The molecule has 5 fully saturated rings. The van der Waals surface area contributed by atoms with Crippen molar-refractivity contribution in [3.05, 3.63) is 23.8 Å². The summed E-state index contributed by atoms with van der Waals surface area (Å²) in [7, 11) is 0. The molecule has 0 radical (unpaired) electrons. The summed E-state index contributed by atoms with van der Waals surface area (Å²) in [6.45, 7) is 2.69. The van der Waals surface area contributed by atoms with Crippen LogP contribution < -0.4 is 30.7 Å². The predicted octanol–water partition coefficient (Wildman–Crippen LogP) is -1.60. The normalized spacial score (nSPS) is 25.5. The van der Waals surface area contributed by atoms with E-state index in [4.69, 9.17) is 47.4 Å². The molecule has 0 saturated carbocycles. The van der Waals surface area contributed by atoms with Crippen LogP contribution in [-0.2, 0) is 68.4 Å². The summed E-state index contributed by atoms with van der Waals surface area (Å²) in [5.41, 5.74) is 0.578. The van der Waals surface area contributed by atoms with Crippen LogP contribution in [0.4, 0.5) is 35.9 Å². The highest BCUT2D eigenvalue weighted by Gasteiger charge is 2.57. The molecule has 492 valence electrons. The number of aliphatic hydroxyl groups excluding tert-OH is 4. The molecule has 0 aromatic heterocycles. The second-order valence-electron chi connectivity index (χ2n) is 20.4. The lowest BCUT2D eigenvalue weighted by molar-refractivity contribution is -0.207. The SMILES string of the molecule is CC(=O)CSC1CC(=O)N(Cc2ccc(OCCOCCOCCOCCNC(=O)NC[C@H]3O[C@H]4CCN(C(=O)C(F)(F)F)[C@H]4[C@@H](O)[C@H]3O)c(OCCOCCOCCOCCNC(=O)NCC3O[C@H]4CCN(C(=O)C(F)(F)F)[C@H]4[C@@H](O)[C@H]3O)c2)C1=O. The Morgan fingerprint density at radius 1 is 0.586 bits per heavy atom. The number of thioether (sulfide) groups is 1. The number of halogens is 6. The van der Waals surface area contributed by atoms with Gasteiger partial charge in [-0.25, -0.2) is 9.59 Å². The molecule has 8 N–H and O–H groups in total. The Balaban J connectivity index is 0.792. The van der Waals surface area contributed by atoms with E-state index in [1.807, 2.05) is 0 Å². The maximum absolute atomic E-state index is 13.1. The van der Waals surface area contributed by atoms with Crippen LogP contribution >= 0.6 is 11.8 Å². The zero-order valence-corrected chi connectivity index (χ0v) is 48.3. The number of rotatable bonds is 35. The minimum atomic E-state index is -5.15. The molecule has 0 spiro atoms. The van der Waals surface area contributed by atoms with Crippen molar-refractivity contribution in [2.24, 2.45) is 0 Å². The first kappa shape index (κ1) is 70.6. The van der Waals surface area contributed by atoms with Crippen molar-refractivity contribution in [1.82, 2.24) is 36.0 Å². The van der Waals surface area contributed by atoms with E-state index in [1.165, 1.54) is 6.92 Å². The van der Waals surface area contributed by atoms with E-state index in [1.54, 1.807) is 18.2 Å². The molecular weight excluding hydrogens is 1200 g/mol. The first-order valence-corrected chi connectivity index (χ1v) is 29.1. The van der Waals surface area contributed by atoms with Gasteiger partial charge in [-0.15, -0.1) is 11.8 Å². The van der Waals surface area contributed by atoms with Crippen molar-refractivity contribution in [3.63, 3.8) is 0 Å². The topological polar surface area (TPSA) is 351 Å². The molecule has 6 rings (SSSR count). The average Bonchev–Trinajstić information content (AvgIpc) is 1.95. The van der Waals surface area contributed by atoms with E-state index < -0.39 is 102 Å². The number of fused-ring (bicyclic) bond motifs is 2. The zero-order valence-electron chi connectivity index (χ0n) is 47.5. The third-order valence-electron chi connectivity index (χ3n) is 14.1. The molecular formula is C52H75F6N7O21S. The molecule has 1 aromatic carbocycles. The number of ether oxygens (including phenoxy) is 10. The molecule has 5 aliphatic heterocycles. The van der Waals surface area contributed by atoms with Gasteiger partial charge in [0, 0.05) is 45.7 Å². The Morgan fingerprint density at radius 2 is 1.00 bits per heavy atom. The number of nitrogens with zero attached hydrogens (tertiary/aromatic N) is 3. The highest BCUT2D eigenvalue weighted by molar-refractivity contribution is 8.01. The number of amides is 8. The lowest BCUT2D eigenvalue weighted by Crippen LogP contribution is -2.63. The Bertz CT molecular complexity index is 2430. The first-order valence-electron chi connectivity index (χ1n) is 28.1. The summed E-state index contributed by atoms with van der Waals surface area (Å²) in [5, 5.41) is 51.4. The van der Waals surface area contributed by atoms with Crippen LogP contribution in [0, 0.1) is 0 Å². The highest BCUT2D eigenvalue weighted by Crippen LogP contribution is 2.37. The molecule has 5 saturated heterocycles. The number of carbonyl (C=O) groups excluding carboxylic acids is 7. The van der Waals surface area contributed by atoms with Gasteiger partial charge in [-0.1, -0.05) is 6.07 Å². The number of nitrogens with one attached hydrogen (secondary N) is 4. The van der Waals surface area contributed by atoms with E-state index in [0.29, 0.717) is 26.9 Å². The minimum Gasteiger partial charge on any atom is -0.487 e. The van der Waals surface area contributed by atoms with Gasteiger partial charge in [-0.2, -0.15) is 26.3 Å². The molecule has 0 bridgehead atoms. The third-order valence-corrected chi connectivity index (χ3v) is 15.5. The number of alkyl halides is 6. The lowest BCUT2D eigenvalue weighted by Gasteiger charge is -2.42. The number of carbonyl (C=O) groups is 7. The van der Waals surface area contributed by atoms with Gasteiger partial charge in [-0.3, -0.25) is 28.9 Å². The molecule has 28 nitrogen and oxygen atoms in total. The summed E-state index contributed by atoms with van der Waals surface area (Å²) in [5.74, 6) is -4.37. The van der Waals surface area contributed by atoms with Gasteiger partial charge in [0.15, 0.2) is 11.5 Å². The van der Waals surface area contributed by atoms with Crippen LogP contribution in [0.3, 0.4) is 0 Å². The number of urea groups is 2. The molecule has 0 aliphatic carbocycles. The fraction of sp³-hybridized carbons (Fsp3) is 0.750. The Morgan fingerprint density at radius 3 is 1.43 bits per heavy atom. The van der Waals surface area contributed by atoms with Gasteiger partial charge < -0.3 is 98.9 Å². The molecule has 2 unspecified atom stereocenters. The standard InChI is InChI=1S/C52H75F6N7O21S/c1-30(66)29-87-38-25-39(67)65(46(38)72)28-31-2-3-32(83-22-20-81-18-16-79-14-12-77-10-6-59-49(75)61-26-36-42(68)44(70)40-33(85-36)4-8-63(40)47(73)51(53,54)55)35(24-31)84-23-21-82-19-17-80-15-13-78-11-7-60-50(76)62-27-37-43(69)45(71)41-34(86-37)5-9-64(41)48(74)52(56,57)58/h2-3,24,33-34,36-38,40-45,68-71H,4-23,25-29H2,1H3,(H2,59,61,75)(H2,60,62,76)/t33-,34-,36+,37?,38?,40+,41+,42-,43-,44+,45+/m0/s1. The van der Waals surface area contributed by atoms with Crippen molar-refractivity contribution < 1.29 is 128 Å². The monoisotopic (exact) mass is 1280 g/mol. The van der Waals surface area contributed by atoms with Crippen molar-refractivity contribution >= 4 is 53.2 Å². The largest absolute Gasteiger partial charge is 0.487 e. The van der Waals surface area contributed by atoms with Crippen molar-refractivity contribution in [1.29, 1.82) is 0 Å². The minimum absolute atomic E-state index is 0.00964. The number of likely N-dealkylation sites (tertiary alicyclic amines) is 3. The lowest BCUT2D eigenvalue weighted by atomic mass is 9.93. The molecule has 87 heavy (non-hydrogen) atoms. The van der Waals surface area contributed by atoms with E-state index in [9.17, 15) is 80.3 Å². The van der Waals surface area contributed by atoms with E-state index in [-0.39, 0.29) is 181 Å². The van der Waals surface area contributed by atoms with E-state index >= 15 is 0 Å². The number of imide groups is 1. The van der Waals surface area contributed by atoms with Gasteiger partial charge in [0.25, 0.3) is 0 Å². The predicted molar refractivity (Wildman–Crippen MR) is 286 cm³/mol. The summed E-state index contributed by atoms with van der Waals surface area (Å²) >= 11 is 1.13. The average molecular weight is 1280 g/mol. The van der Waals surface area contributed by atoms with Crippen LogP contribution in [-0.4, -0.2) is 293 Å². The van der Waals surface area contributed by atoms with Gasteiger partial charge in [0.2, 0.25) is 11.8 Å². The Labute approximate surface area is 499 Å². The summed E-state index contributed by atoms with van der Waals surface area (Å²) in [6.07, 6.45) is -21.3. The smallest absolute Gasteiger partial charge is 0.471 e. The van der Waals surface area contributed by atoms with Gasteiger partial charge in [-0.05, 0) is 37.5 Å². The van der Waals surface area contributed by atoms with Crippen molar-refractivity contribution in [2.45, 2.75) is 111 Å². The third kappa shape index (κ3) is 21.4. The number of ketones is 1. The molecule has 35 heteroatoms. The Kier molecular flexibility index (Phi) is 28.0. The van der Waals surface area contributed by atoms with Gasteiger partial charge in [0.1, 0.15) is 55.6 Å². The Hall–Kier alpha value is -5.44. The number of hydrogen-bond donors (Lipinski definition) is 8. The zero-order chi connectivity index (χ0) is 63.3. The number of hydrogen-bond acceptors (Lipinski definition) is 22. The van der Waals surface area contributed by atoms with Crippen LogP contribution in [0.5, 0.6) is 11.5 Å². The highest BCUT2D eigenvalue weighted by atomic mass is 32.2. The van der Waals surface area contributed by atoms with Crippen LogP contribution in [0.15, 0.2) is 18.2 Å².